The summed E-state index contributed by atoms with van der Waals surface area (Å²) in [7, 11) is 0. The van der Waals surface area contributed by atoms with E-state index >= 15 is 0 Å². The summed E-state index contributed by atoms with van der Waals surface area (Å²) in [6.45, 7) is -2.07. The van der Waals surface area contributed by atoms with Crippen molar-refractivity contribution in [1.82, 2.24) is 4.98 Å². The lowest BCUT2D eigenvalue weighted by Crippen LogP contribution is -2.21. The molecule has 114 valence electrons. The van der Waals surface area contributed by atoms with Crippen molar-refractivity contribution in [2.24, 2.45) is 0 Å². The number of hydrogen-bond acceptors (Lipinski definition) is 3. The van der Waals surface area contributed by atoms with E-state index in [9.17, 15) is 26.3 Å². The smallest absolute Gasteiger partial charge is 0.370 e. The molecule has 0 fully saturated rings. The number of hydrogen-bond donors (Lipinski definition) is 1. The SMILES string of the molecule is FC(F)(F)COCCNc1ncc(Br)cc1C(F)(F)F. The van der Waals surface area contributed by atoms with Gasteiger partial charge in [0.1, 0.15) is 12.4 Å². The molecule has 1 N–H and O–H groups in total. The number of alkyl halides is 6. The fraction of sp³-hybridized carbons (Fsp3) is 0.500. The number of nitrogens with one attached hydrogen (secondary N) is 1. The molecule has 0 radical (unpaired) electrons. The Balaban J connectivity index is 2.56. The predicted octanol–water partition coefficient (Wildman–Crippen LogP) is 3.85. The molecule has 0 unspecified atom stereocenters. The third-order valence-corrected chi connectivity index (χ3v) is 2.40. The molecule has 0 saturated carbocycles. The molecule has 20 heavy (non-hydrogen) atoms. The Morgan fingerprint density at radius 2 is 1.85 bits per heavy atom. The van der Waals surface area contributed by atoms with Crippen molar-refractivity contribution < 1.29 is 31.1 Å². The van der Waals surface area contributed by atoms with E-state index in [1.54, 1.807) is 0 Å². The molecule has 1 aromatic heterocycles. The van der Waals surface area contributed by atoms with E-state index in [2.05, 4.69) is 31.0 Å². The Kier molecular flexibility index (Phi) is 5.63. The molecule has 0 amide bonds. The average molecular weight is 367 g/mol. The second-order valence-corrected chi connectivity index (χ2v) is 4.56. The zero-order chi connectivity index (χ0) is 15.4. The Morgan fingerprint density at radius 3 is 2.40 bits per heavy atom. The highest BCUT2D eigenvalue weighted by atomic mass is 79.9. The van der Waals surface area contributed by atoms with Crippen LogP contribution in [0.2, 0.25) is 0 Å². The van der Waals surface area contributed by atoms with Gasteiger partial charge in [0.05, 0.1) is 12.2 Å². The van der Waals surface area contributed by atoms with Gasteiger partial charge in [-0.05, 0) is 22.0 Å². The molecular formula is C10H9BrF6N2O. The third-order valence-electron chi connectivity index (χ3n) is 1.96. The summed E-state index contributed by atoms with van der Waals surface area (Å²) in [5.41, 5.74) is -1.01. The maximum atomic E-state index is 12.7. The van der Waals surface area contributed by atoms with Gasteiger partial charge in [-0.1, -0.05) is 0 Å². The van der Waals surface area contributed by atoms with Crippen molar-refractivity contribution in [3.8, 4) is 0 Å². The normalized spacial score (nSPS) is 12.6. The van der Waals surface area contributed by atoms with Gasteiger partial charge in [0.15, 0.2) is 0 Å². The number of rotatable bonds is 5. The molecule has 0 aliphatic rings. The van der Waals surface area contributed by atoms with Crippen LogP contribution in [0.15, 0.2) is 16.7 Å². The van der Waals surface area contributed by atoms with Crippen LogP contribution >= 0.6 is 15.9 Å². The monoisotopic (exact) mass is 366 g/mol. The van der Waals surface area contributed by atoms with Gasteiger partial charge < -0.3 is 10.1 Å². The van der Waals surface area contributed by atoms with Crippen LogP contribution in [0.25, 0.3) is 0 Å². The zero-order valence-electron chi connectivity index (χ0n) is 9.78. The first-order valence-electron chi connectivity index (χ1n) is 5.21. The summed E-state index contributed by atoms with van der Waals surface area (Å²) in [6.07, 6.45) is -7.94. The lowest BCUT2D eigenvalue weighted by atomic mass is 10.2. The first kappa shape index (κ1) is 17.0. The van der Waals surface area contributed by atoms with Crippen molar-refractivity contribution >= 4 is 21.7 Å². The molecule has 1 rings (SSSR count). The highest BCUT2D eigenvalue weighted by Crippen LogP contribution is 2.35. The van der Waals surface area contributed by atoms with Crippen molar-refractivity contribution in [2.45, 2.75) is 12.4 Å². The zero-order valence-corrected chi connectivity index (χ0v) is 11.4. The van der Waals surface area contributed by atoms with Crippen molar-refractivity contribution in [2.75, 3.05) is 25.1 Å². The number of halogens is 7. The summed E-state index contributed by atoms with van der Waals surface area (Å²) >= 11 is 2.86. The fourth-order valence-corrected chi connectivity index (χ4v) is 1.56. The Morgan fingerprint density at radius 1 is 1.20 bits per heavy atom. The molecular weight excluding hydrogens is 358 g/mol. The largest absolute Gasteiger partial charge is 0.419 e. The minimum atomic E-state index is -4.62. The maximum Gasteiger partial charge on any atom is 0.419 e. The maximum absolute atomic E-state index is 12.7. The number of anilines is 1. The van der Waals surface area contributed by atoms with Crippen LogP contribution in [0.5, 0.6) is 0 Å². The van der Waals surface area contributed by atoms with E-state index in [0.29, 0.717) is 0 Å². The van der Waals surface area contributed by atoms with Crippen molar-refractivity contribution in [3.05, 3.63) is 22.3 Å². The highest BCUT2D eigenvalue weighted by Gasteiger charge is 2.34. The van der Waals surface area contributed by atoms with E-state index in [-0.39, 0.29) is 11.0 Å². The van der Waals surface area contributed by atoms with Crippen LogP contribution < -0.4 is 5.32 Å². The van der Waals surface area contributed by atoms with Gasteiger partial charge in [-0.3, -0.25) is 0 Å². The molecule has 0 aliphatic carbocycles. The fourth-order valence-electron chi connectivity index (χ4n) is 1.23. The number of aromatic nitrogens is 1. The van der Waals surface area contributed by atoms with Crippen LogP contribution in [-0.2, 0) is 10.9 Å². The summed E-state index contributed by atoms with van der Waals surface area (Å²) in [6, 6.07) is 0.825. The topological polar surface area (TPSA) is 34.1 Å². The van der Waals surface area contributed by atoms with Crippen LogP contribution in [-0.4, -0.2) is 30.9 Å². The van der Waals surface area contributed by atoms with Crippen molar-refractivity contribution in [3.63, 3.8) is 0 Å². The van der Waals surface area contributed by atoms with Crippen molar-refractivity contribution in [1.29, 1.82) is 0 Å². The van der Waals surface area contributed by atoms with E-state index < -0.39 is 36.9 Å². The lowest BCUT2D eigenvalue weighted by molar-refractivity contribution is -0.172. The van der Waals surface area contributed by atoms with E-state index in [1.807, 2.05) is 0 Å². The third kappa shape index (κ3) is 5.95. The minimum Gasteiger partial charge on any atom is -0.370 e. The van der Waals surface area contributed by atoms with Gasteiger partial charge in [0.25, 0.3) is 0 Å². The number of pyridine rings is 1. The molecule has 0 saturated heterocycles. The molecule has 3 nitrogen and oxygen atoms in total. The Hall–Kier alpha value is -1.03. The average Bonchev–Trinajstić information content (AvgIpc) is 2.27. The highest BCUT2D eigenvalue weighted by molar-refractivity contribution is 9.10. The predicted molar refractivity (Wildman–Crippen MR) is 62.3 cm³/mol. The van der Waals surface area contributed by atoms with E-state index in [0.717, 1.165) is 12.3 Å². The number of nitrogens with zero attached hydrogens (tertiary/aromatic N) is 1. The lowest BCUT2D eigenvalue weighted by Gasteiger charge is -2.14. The molecule has 10 heteroatoms. The Labute approximate surface area is 118 Å². The minimum absolute atomic E-state index is 0.142. The van der Waals surface area contributed by atoms with Gasteiger partial charge in [-0.25, -0.2) is 4.98 Å². The van der Waals surface area contributed by atoms with E-state index in [4.69, 9.17) is 0 Å². The first-order chi connectivity index (χ1) is 9.09. The van der Waals surface area contributed by atoms with Gasteiger partial charge in [0.2, 0.25) is 0 Å². The summed E-state index contributed by atoms with van der Waals surface area (Å²) in [4.78, 5) is 3.54. The standard InChI is InChI=1S/C10H9BrF6N2O/c11-6-3-7(10(15,16)17)8(19-4-6)18-1-2-20-5-9(12,13)14/h3-4H,1-2,5H2,(H,18,19). The van der Waals surface area contributed by atoms with Crippen LogP contribution in [0.1, 0.15) is 5.56 Å². The van der Waals surface area contributed by atoms with Gasteiger partial charge >= 0.3 is 12.4 Å². The second kappa shape index (κ2) is 6.61. The molecule has 0 aliphatic heterocycles. The van der Waals surface area contributed by atoms with Gasteiger partial charge in [-0.15, -0.1) is 0 Å². The molecule has 1 heterocycles. The molecule has 0 bridgehead atoms. The van der Waals surface area contributed by atoms with Gasteiger partial charge in [0, 0.05) is 17.2 Å². The van der Waals surface area contributed by atoms with Crippen LogP contribution in [0.4, 0.5) is 32.2 Å². The van der Waals surface area contributed by atoms with Crippen LogP contribution in [0, 0.1) is 0 Å². The number of ether oxygens (including phenoxy) is 1. The summed E-state index contributed by atoms with van der Waals surface area (Å²) in [5, 5.41) is 2.29. The molecule has 0 aromatic carbocycles. The summed E-state index contributed by atoms with van der Waals surface area (Å²) < 4.78 is 77.7. The molecule has 0 atom stereocenters. The second-order valence-electron chi connectivity index (χ2n) is 3.64. The molecule has 1 aromatic rings. The first-order valence-corrected chi connectivity index (χ1v) is 6.00. The molecule has 0 spiro atoms. The Bertz CT molecular complexity index is 448. The summed E-state index contributed by atoms with van der Waals surface area (Å²) in [5.74, 6) is -0.462. The van der Waals surface area contributed by atoms with Gasteiger partial charge in [-0.2, -0.15) is 26.3 Å². The van der Waals surface area contributed by atoms with E-state index in [1.165, 1.54) is 0 Å². The van der Waals surface area contributed by atoms with Crippen LogP contribution in [0.3, 0.4) is 0 Å². The quantitative estimate of drug-likeness (QED) is 0.634.